The normalized spacial score (nSPS) is 11.2. The minimum absolute atomic E-state index is 0.180. The molecule has 3 aromatic rings. The third kappa shape index (κ3) is 4.94. The number of benzene rings is 2. The molecule has 0 saturated carbocycles. The lowest BCUT2D eigenvalue weighted by Gasteiger charge is -2.10. The monoisotopic (exact) mass is 396 g/mol. The van der Waals surface area contributed by atoms with Crippen molar-refractivity contribution >= 4 is 10.5 Å². The van der Waals surface area contributed by atoms with E-state index in [9.17, 15) is 21.1 Å². The molecule has 0 N–H and O–H groups in total. The van der Waals surface area contributed by atoms with Crippen LogP contribution >= 0.6 is 0 Å². The van der Waals surface area contributed by atoms with E-state index in [-0.39, 0.29) is 17.1 Å². The van der Waals surface area contributed by atoms with Gasteiger partial charge < -0.3 is 8.92 Å². The second kappa shape index (κ2) is 7.62. The van der Waals surface area contributed by atoms with Crippen LogP contribution in [0.25, 0.3) is 11.1 Å². The van der Waals surface area contributed by atoms with Crippen LogP contribution < -0.4 is 8.92 Å². The van der Waals surface area contributed by atoms with Crippen LogP contribution in [0.2, 0.25) is 0 Å². The maximum Gasteiger partial charge on any atom is 0.488 e. The molecule has 140 valence electrons. The zero-order valence-corrected chi connectivity index (χ0v) is 14.3. The van der Waals surface area contributed by atoms with E-state index in [1.807, 2.05) is 0 Å². The number of rotatable bonds is 6. The van der Waals surface area contributed by atoms with Gasteiger partial charge in [0.2, 0.25) is 0 Å². The van der Waals surface area contributed by atoms with Gasteiger partial charge in [0.05, 0.1) is 18.0 Å². The molecule has 0 bridgehead atoms. The lowest BCUT2D eigenvalue weighted by Crippen LogP contribution is -2.03. The van der Waals surface area contributed by atoms with Gasteiger partial charge in [0.15, 0.2) is 0 Å². The van der Waals surface area contributed by atoms with E-state index in [0.717, 1.165) is 24.3 Å². The topological polar surface area (TPSA) is 78.4 Å². The Kier molecular flexibility index (Phi) is 5.26. The van der Waals surface area contributed by atoms with Crippen molar-refractivity contribution in [2.45, 2.75) is 6.61 Å². The summed E-state index contributed by atoms with van der Waals surface area (Å²) >= 11 is 0. The zero-order valence-electron chi connectivity index (χ0n) is 13.5. The third-order valence-corrected chi connectivity index (χ3v) is 3.85. The standard InChI is InChI=1S/C17H11F3N2O4S/c18-16-7-12(11-5-6-21-22-9-11)8-17(19)15(16)10-25-13-1-3-14(4-2-13)26-27(20,23)24/h1-9H,10H2. The van der Waals surface area contributed by atoms with Gasteiger partial charge in [-0.05, 0) is 48.0 Å². The van der Waals surface area contributed by atoms with Gasteiger partial charge in [-0.25, -0.2) is 8.78 Å². The minimum atomic E-state index is -5.13. The molecule has 0 aliphatic carbocycles. The van der Waals surface area contributed by atoms with E-state index < -0.39 is 28.7 Å². The molecular formula is C17H11F3N2O4S. The molecule has 1 heterocycles. The maximum atomic E-state index is 14.3. The number of hydrogen-bond donors (Lipinski definition) is 0. The van der Waals surface area contributed by atoms with Crippen LogP contribution in [-0.4, -0.2) is 18.6 Å². The molecule has 2 aromatic carbocycles. The van der Waals surface area contributed by atoms with Gasteiger partial charge >= 0.3 is 10.5 Å². The van der Waals surface area contributed by atoms with E-state index in [2.05, 4.69) is 14.4 Å². The van der Waals surface area contributed by atoms with Crippen LogP contribution in [0.15, 0.2) is 54.9 Å². The Balaban J connectivity index is 1.73. The molecule has 0 radical (unpaired) electrons. The number of aromatic nitrogens is 2. The maximum absolute atomic E-state index is 14.3. The summed E-state index contributed by atoms with van der Waals surface area (Å²) in [6.07, 6.45) is 2.79. The third-order valence-electron chi connectivity index (χ3n) is 3.46. The molecule has 0 unspecified atom stereocenters. The first-order valence-corrected chi connectivity index (χ1v) is 8.74. The highest BCUT2D eigenvalue weighted by Gasteiger charge is 2.14. The van der Waals surface area contributed by atoms with E-state index in [0.29, 0.717) is 11.1 Å². The smallest absolute Gasteiger partial charge is 0.488 e. The van der Waals surface area contributed by atoms with Gasteiger partial charge in [-0.1, -0.05) is 3.89 Å². The highest BCUT2D eigenvalue weighted by molar-refractivity contribution is 7.81. The van der Waals surface area contributed by atoms with Crippen LogP contribution in [0.1, 0.15) is 5.56 Å². The van der Waals surface area contributed by atoms with Crippen molar-refractivity contribution in [2.24, 2.45) is 0 Å². The van der Waals surface area contributed by atoms with Gasteiger partial charge in [-0.2, -0.15) is 18.6 Å². The van der Waals surface area contributed by atoms with Gasteiger partial charge in [-0.3, -0.25) is 0 Å². The van der Waals surface area contributed by atoms with E-state index in [1.165, 1.54) is 24.5 Å². The molecule has 0 amide bonds. The van der Waals surface area contributed by atoms with E-state index in [4.69, 9.17) is 4.74 Å². The van der Waals surface area contributed by atoms with Crippen molar-refractivity contribution in [3.8, 4) is 22.6 Å². The molecule has 10 heteroatoms. The Morgan fingerprint density at radius 3 is 2.07 bits per heavy atom. The first-order valence-electron chi connectivity index (χ1n) is 7.44. The van der Waals surface area contributed by atoms with Gasteiger partial charge in [0.1, 0.15) is 29.7 Å². The fourth-order valence-electron chi connectivity index (χ4n) is 2.23. The summed E-state index contributed by atoms with van der Waals surface area (Å²) < 4.78 is 71.0. The number of hydrogen-bond acceptors (Lipinski definition) is 6. The molecule has 0 atom stereocenters. The van der Waals surface area contributed by atoms with Crippen molar-refractivity contribution in [1.29, 1.82) is 0 Å². The number of halogens is 3. The summed E-state index contributed by atoms with van der Waals surface area (Å²) in [5.41, 5.74) is 0.527. The fourth-order valence-corrected chi connectivity index (χ4v) is 2.57. The van der Waals surface area contributed by atoms with Crippen LogP contribution in [0.4, 0.5) is 12.7 Å². The Morgan fingerprint density at radius 1 is 0.889 bits per heavy atom. The molecule has 0 spiro atoms. The summed E-state index contributed by atoms with van der Waals surface area (Å²) in [6, 6.07) is 8.69. The molecular weight excluding hydrogens is 385 g/mol. The molecule has 0 fully saturated rings. The van der Waals surface area contributed by atoms with Crippen molar-refractivity contribution < 1.29 is 30.0 Å². The predicted molar refractivity (Wildman–Crippen MR) is 88.8 cm³/mol. The molecule has 27 heavy (non-hydrogen) atoms. The zero-order chi connectivity index (χ0) is 19.4. The largest absolute Gasteiger partial charge is 0.489 e. The van der Waals surface area contributed by atoms with Crippen LogP contribution in [-0.2, 0) is 17.1 Å². The second-order valence-corrected chi connectivity index (χ2v) is 6.24. The highest BCUT2D eigenvalue weighted by Crippen LogP contribution is 2.25. The Bertz CT molecular complexity index is 1020. The molecule has 0 aliphatic heterocycles. The van der Waals surface area contributed by atoms with Crippen LogP contribution in [0.5, 0.6) is 11.5 Å². The fraction of sp³-hybridized carbons (Fsp3) is 0.0588. The molecule has 1 aromatic heterocycles. The second-order valence-electron chi connectivity index (χ2n) is 5.29. The lowest BCUT2D eigenvalue weighted by molar-refractivity contribution is 0.292. The quantitative estimate of drug-likeness (QED) is 0.593. The predicted octanol–water partition coefficient (Wildman–Crippen LogP) is 3.59. The van der Waals surface area contributed by atoms with Crippen molar-refractivity contribution in [3.63, 3.8) is 0 Å². The van der Waals surface area contributed by atoms with Gasteiger partial charge in [-0.15, -0.1) is 0 Å². The van der Waals surface area contributed by atoms with E-state index in [1.54, 1.807) is 6.07 Å². The summed E-state index contributed by atoms with van der Waals surface area (Å²) in [5.74, 6) is -1.69. The Hall–Kier alpha value is -3.14. The first kappa shape index (κ1) is 18.6. The summed E-state index contributed by atoms with van der Waals surface area (Å²) in [7, 11) is -5.13. The van der Waals surface area contributed by atoms with Gasteiger partial charge in [0, 0.05) is 5.56 Å². The summed E-state index contributed by atoms with van der Waals surface area (Å²) in [6.45, 7) is -0.409. The molecule has 6 nitrogen and oxygen atoms in total. The Morgan fingerprint density at radius 2 is 1.52 bits per heavy atom. The number of ether oxygens (including phenoxy) is 1. The highest BCUT2D eigenvalue weighted by atomic mass is 32.3. The lowest BCUT2D eigenvalue weighted by atomic mass is 10.1. The van der Waals surface area contributed by atoms with Crippen LogP contribution in [0, 0.1) is 11.6 Å². The summed E-state index contributed by atoms with van der Waals surface area (Å²) in [4.78, 5) is 0. The molecule has 0 saturated heterocycles. The molecule has 0 aliphatic rings. The average Bonchev–Trinajstić information content (AvgIpc) is 2.62. The number of nitrogens with zero attached hydrogens (tertiary/aromatic N) is 2. The van der Waals surface area contributed by atoms with Gasteiger partial charge in [0.25, 0.3) is 0 Å². The van der Waals surface area contributed by atoms with Crippen molar-refractivity contribution in [1.82, 2.24) is 10.2 Å². The average molecular weight is 396 g/mol. The Labute approximate surface area is 152 Å². The van der Waals surface area contributed by atoms with Crippen LogP contribution in [0.3, 0.4) is 0 Å². The molecule has 3 rings (SSSR count). The van der Waals surface area contributed by atoms with Crippen molar-refractivity contribution in [3.05, 3.63) is 72.1 Å². The SMILES string of the molecule is O=S(=O)(F)Oc1ccc(OCc2c(F)cc(-c3ccnnc3)cc2F)cc1. The minimum Gasteiger partial charge on any atom is -0.489 e. The summed E-state index contributed by atoms with van der Waals surface area (Å²) in [5, 5.41) is 7.26. The van der Waals surface area contributed by atoms with E-state index >= 15 is 0 Å². The first-order chi connectivity index (χ1) is 12.8. The van der Waals surface area contributed by atoms with Crippen molar-refractivity contribution in [2.75, 3.05) is 0 Å².